The fourth-order valence-electron chi connectivity index (χ4n) is 3.50. The summed E-state index contributed by atoms with van der Waals surface area (Å²) in [7, 11) is -3.73. The Morgan fingerprint density at radius 3 is 2.63 bits per heavy atom. The smallest absolute Gasteiger partial charge is 0.248 e. The van der Waals surface area contributed by atoms with E-state index in [1.165, 1.54) is 4.31 Å². The molecular weight excluding hydrogens is 366 g/mol. The van der Waals surface area contributed by atoms with Crippen LogP contribution in [-0.2, 0) is 14.8 Å². The maximum absolute atomic E-state index is 13.0. The minimum Gasteiger partial charge on any atom is -0.360 e. The zero-order valence-corrected chi connectivity index (χ0v) is 16.6. The Morgan fingerprint density at radius 2 is 2.00 bits per heavy atom. The van der Waals surface area contributed by atoms with Gasteiger partial charge < -0.3 is 9.84 Å². The number of hydrogen-bond donors (Lipinski definition) is 1. The van der Waals surface area contributed by atoms with E-state index in [0.29, 0.717) is 25.1 Å². The largest absolute Gasteiger partial charge is 0.360 e. The Kier molecular flexibility index (Phi) is 5.67. The second kappa shape index (κ2) is 7.82. The summed E-state index contributed by atoms with van der Waals surface area (Å²) in [4.78, 5) is 12.8. The van der Waals surface area contributed by atoms with Gasteiger partial charge in [-0.15, -0.1) is 0 Å². The van der Waals surface area contributed by atoms with Crippen molar-refractivity contribution in [2.75, 3.05) is 13.1 Å². The van der Waals surface area contributed by atoms with Gasteiger partial charge >= 0.3 is 0 Å². The molecule has 1 fully saturated rings. The molecule has 2 atom stereocenters. The number of amides is 1. The average Bonchev–Trinajstić information content (AvgIpc) is 3.01. The molecule has 2 aromatic rings. The minimum atomic E-state index is -3.73. The van der Waals surface area contributed by atoms with Gasteiger partial charge in [0, 0.05) is 13.1 Å². The number of carbonyl (C=O) groups excluding carboxylic acids is 1. The summed E-state index contributed by atoms with van der Waals surface area (Å²) < 4.78 is 32.4. The highest BCUT2D eigenvalue weighted by molar-refractivity contribution is 7.89. The number of aryl methyl sites for hydroxylation is 2. The second-order valence-electron chi connectivity index (χ2n) is 7.00. The van der Waals surface area contributed by atoms with Gasteiger partial charge in [0.15, 0.2) is 5.76 Å². The van der Waals surface area contributed by atoms with Gasteiger partial charge in [0.2, 0.25) is 15.9 Å². The lowest BCUT2D eigenvalue weighted by Gasteiger charge is -2.31. The summed E-state index contributed by atoms with van der Waals surface area (Å²) in [6.45, 7) is 5.68. The van der Waals surface area contributed by atoms with Crippen molar-refractivity contribution >= 4 is 15.9 Å². The predicted molar refractivity (Wildman–Crippen MR) is 100 cm³/mol. The lowest BCUT2D eigenvalue weighted by atomic mass is 9.98. The van der Waals surface area contributed by atoms with Gasteiger partial charge in [0.25, 0.3) is 0 Å². The van der Waals surface area contributed by atoms with E-state index in [1.54, 1.807) is 13.8 Å². The average molecular weight is 391 g/mol. The summed E-state index contributed by atoms with van der Waals surface area (Å²) in [5.74, 6) is -0.220. The molecule has 27 heavy (non-hydrogen) atoms. The molecule has 0 unspecified atom stereocenters. The van der Waals surface area contributed by atoms with Crippen LogP contribution >= 0.6 is 0 Å². The lowest BCUT2D eigenvalue weighted by molar-refractivity contribution is -0.126. The number of aromatic nitrogens is 1. The number of hydrogen-bond acceptors (Lipinski definition) is 5. The van der Waals surface area contributed by atoms with Crippen LogP contribution < -0.4 is 5.32 Å². The molecule has 146 valence electrons. The molecule has 1 saturated heterocycles. The van der Waals surface area contributed by atoms with Gasteiger partial charge in [-0.1, -0.05) is 35.5 Å². The molecule has 2 heterocycles. The Morgan fingerprint density at radius 1 is 1.30 bits per heavy atom. The highest BCUT2D eigenvalue weighted by Gasteiger charge is 2.36. The number of carbonyl (C=O) groups is 1. The molecule has 1 aliphatic heterocycles. The van der Waals surface area contributed by atoms with E-state index in [2.05, 4.69) is 10.5 Å². The topological polar surface area (TPSA) is 92.5 Å². The third-order valence-corrected chi connectivity index (χ3v) is 7.09. The molecule has 7 nitrogen and oxygen atoms in total. The first kappa shape index (κ1) is 19.6. The zero-order chi connectivity index (χ0) is 19.6. The second-order valence-corrected chi connectivity index (χ2v) is 8.87. The fourth-order valence-corrected chi connectivity index (χ4v) is 5.32. The van der Waals surface area contributed by atoms with Crippen molar-refractivity contribution in [2.45, 2.75) is 44.6 Å². The monoisotopic (exact) mass is 391 g/mol. The van der Waals surface area contributed by atoms with Crippen LogP contribution in [0.3, 0.4) is 0 Å². The maximum Gasteiger partial charge on any atom is 0.248 e. The number of nitrogens with one attached hydrogen (secondary N) is 1. The van der Waals surface area contributed by atoms with E-state index in [0.717, 1.165) is 5.56 Å². The van der Waals surface area contributed by atoms with Gasteiger partial charge in [-0.3, -0.25) is 4.79 Å². The SMILES string of the molecule is Cc1noc(C)c1S(=O)(=O)N1CCC[C@@H](C(=O)N[C@H](C)c2ccccc2)C1. The number of nitrogens with zero attached hydrogens (tertiary/aromatic N) is 2. The fraction of sp³-hybridized carbons (Fsp3) is 0.474. The number of rotatable bonds is 5. The summed E-state index contributed by atoms with van der Waals surface area (Å²) in [5.41, 5.74) is 1.36. The predicted octanol–water partition coefficient (Wildman–Crippen LogP) is 2.57. The number of piperidine rings is 1. The zero-order valence-electron chi connectivity index (χ0n) is 15.8. The third kappa shape index (κ3) is 4.06. The molecule has 1 aromatic carbocycles. The van der Waals surface area contributed by atoms with E-state index < -0.39 is 10.0 Å². The molecule has 3 rings (SSSR count). The van der Waals surface area contributed by atoms with E-state index >= 15 is 0 Å². The molecule has 0 aliphatic carbocycles. The third-order valence-electron chi connectivity index (χ3n) is 4.98. The van der Waals surface area contributed by atoms with Crippen molar-refractivity contribution in [2.24, 2.45) is 5.92 Å². The Hall–Kier alpha value is -2.19. The van der Waals surface area contributed by atoms with Crippen molar-refractivity contribution in [3.05, 3.63) is 47.3 Å². The molecule has 0 saturated carbocycles. The van der Waals surface area contributed by atoms with Crippen molar-refractivity contribution in [1.29, 1.82) is 0 Å². The minimum absolute atomic E-state index is 0.112. The standard InChI is InChI=1S/C19H25N3O4S/c1-13(16-8-5-4-6-9-16)20-19(23)17-10-7-11-22(12-17)27(24,25)18-14(2)21-26-15(18)3/h4-6,8-9,13,17H,7,10-12H2,1-3H3,(H,20,23)/t13-,17-/m1/s1. The first-order chi connectivity index (χ1) is 12.8. The number of benzene rings is 1. The summed E-state index contributed by atoms with van der Waals surface area (Å²) in [5, 5.41) is 6.75. The normalized spacial score (nSPS) is 19.6. The molecule has 8 heteroatoms. The van der Waals surface area contributed by atoms with Gasteiger partial charge in [0.1, 0.15) is 10.6 Å². The molecule has 1 aliphatic rings. The molecule has 1 aromatic heterocycles. The van der Waals surface area contributed by atoms with E-state index in [-0.39, 0.29) is 35.1 Å². The van der Waals surface area contributed by atoms with Crippen molar-refractivity contribution in [1.82, 2.24) is 14.8 Å². The summed E-state index contributed by atoms with van der Waals surface area (Å²) in [6.07, 6.45) is 1.31. The van der Waals surface area contributed by atoms with Crippen LogP contribution in [0.1, 0.15) is 42.8 Å². The van der Waals surface area contributed by atoms with Crippen molar-refractivity contribution < 1.29 is 17.7 Å². The highest BCUT2D eigenvalue weighted by Crippen LogP contribution is 2.28. The molecule has 1 N–H and O–H groups in total. The van der Waals surface area contributed by atoms with Gasteiger partial charge in [-0.05, 0) is 39.2 Å². The van der Waals surface area contributed by atoms with E-state index in [1.807, 2.05) is 37.3 Å². The molecule has 0 bridgehead atoms. The van der Waals surface area contributed by atoms with Crippen LogP contribution in [0.2, 0.25) is 0 Å². The number of sulfonamides is 1. The Balaban J connectivity index is 1.71. The molecule has 0 spiro atoms. The van der Waals surface area contributed by atoms with Gasteiger partial charge in [0.05, 0.1) is 12.0 Å². The van der Waals surface area contributed by atoms with E-state index in [9.17, 15) is 13.2 Å². The first-order valence-corrected chi connectivity index (χ1v) is 10.5. The lowest BCUT2D eigenvalue weighted by Crippen LogP contribution is -2.46. The highest BCUT2D eigenvalue weighted by atomic mass is 32.2. The molecule has 1 amide bonds. The van der Waals surface area contributed by atoms with Crippen LogP contribution in [0.25, 0.3) is 0 Å². The van der Waals surface area contributed by atoms with Gasteiger partial charge in [-0.2, -0.15) is 4.31 Å². The summed E-state index contributed by atoms with van der Waals surface area (Å²) in [6, 6.07) is 9.57. The van der Waals surface area contributed by atoms with Crippen LogP contribution in [0.15, 0.2) is 39.8 Å². The van der Waals surface area contributed by atoms with Crippen molar-refractivity contribution in [3.63, 3.8) is 0 Å². The van der Waals surface area contributed by atoms with E-state index in [4.69, 9.17) is 4.52 Å². The quantitative estimate of drug-likeness (QED) is 0.846. The van der Waals surface area contributed by atoms with Crippen LogP contribution in [-0.4, -0.2) is 36.9 Å². The van der Waals surface area contributed by atoms with Crippen LogP contribution in [0.5, 0.6) is 0 Å². The van der Waals surface area contributed by atoms with Gasteiger partial charge in [-0.25, -0.2) is 8.42 Å². The molecule has 0 radical (unpaired) electrons. The van der Waals surface area contributed by atoms with Crippen LogP contribution in [0, 0.1) is 19.8 Å². The molecular formula is C19H25N3O4S. The summed E-state index contributed by atoms with van der Waals surface area (Å²) >= 11 is 0. The first-order valence-electron chi connectivity index (χ1n) is 9.09. The Bertz CT molecular complexity index is 889. The van der Waals surface area contributed by atoms with Crippen LogP contribution in [0.4, 0.5) is 0 Å². The maximum atomic E-state index is 13.0. The Labute approximate surface area is 159 Å². The van der Waals surface area contributed by atoms with Crippen molar-refractivity contribution in [3.8, 4) is 0 Å².